The third-order valence-electron chi connectivity index (χ3n) is 3.42. The zero-order valence-electron chi connectivity index (χ0n) is 13.1. The van der Waals surface area contributed by atoms with E-state index in [9.17, 15) is 0 Å². The lowest BCUT2D eigenvalue weighted by molar-refractivity contribution is -0.00000512. The summed E-state index contributed by atoms with van der Waals surface area (Å²) in [7, 11) is 0. The molecule has 0 aliphatic heterocycles. The summed E-state index contributed by atoms with van der Waals surface area (Å²) in [5.41, 5.74) is 9.61. The van der Waals surface area contributed by atoms with Gasteiger partial charge >= 0.3 is 0 Å². The molecular formula is C19H18ClN2OS-. The van der Waals surface area contributed by atoms with Crippen LogP contribution in [0.3, 0.4) is 0 Å². The Morgan fingerprint density at radius 1 is 0.917 bits per heavy atom. The van der Waals surface area contributed by atoms with Gasteiger partial charge in [-0.05, 0) is 28.8 Å². The van der Waals surface area contributed by atoms with Crippen molar-refractivity contribution in [1.82, 2.24) is 0 Å². The summed E-state index contributed by atoms with van der Waals surface area (Å²) >= 11 is 1.54. The zero-order valence-corrected chi connectivity index (χ0v) is 14.6. The van der Waals surface area contributed by atoms with Gasteiger partial charge in [0.2, 0.25) is 0 Å². The van der Waals surface area contributed by atoms with Gasteiger partial charge in [0.1, 0.15) is 5.76 Å². The van der Waals surface area contributed by atoms with Gasteiger partial charge in [0.05, 0.1) is 12.8 Å². The molecule has 0 aliphatic rings. The standard InChI is InChI=1S/C19H18N2OS.ClH/c20-19(21-13-18-7-4-12-22-18)23-14-15-8-10-17(11-9-15)16-5-2-1-3-6-16;/h1-12H,13-14H2,(H2,20,21);1H/p-1. The Morgan fingerprint density at radius 2 is 1.62 bits per heavy atom. The van der Waals surface area contributed by atoms with Gasteiger partial charge in [0.25, 0.3) is 0 Å². The highest BCUT2D eigenvalue weighted by atomic mass is 35.5. The van der Waals surface area contributed by atoms with E-state index in [0.717, 1.165) is 11.5 Å². The third kappa shape index (κ3) is 5.18. The Hall–Kier alpha value is -2.17. The molecular weight excluding hydrogens is 340 g/mol. The number of hydrogen-bond acceptors (Lipinski definition) is 3. The third-order valence-corrected chi connectivity index (χ3v) is 4.32. The lowest BCUT2D eigenvalue weighted by Crippen LogP contribution is -3.00. The summed E-state index contributed by atoms with van der Waals surface area (Å²) in [6.45, 7) is 0.485. The second kappa shape index (κ2) is 9.21. The van der Waals surface area contributed by atoms with Gasteiger partial charge in [-0.15, -0.1) is 0 Å². The van der Waals surface area contributed by atoms with Gasteiger partial charge in [0.15, 0.2) is 5.17 Å². The van der Waals surface area contributed by atoms with E-state index in [-0.39, 0.29) is 12.4 Å². The maximum atomic E-state index is 5.93. The first-order valence-corrected chi connectivity index (χ1v) is 8.39. The van der Waals surface area contributed by atoms with Crippen LogP contribution in [-0.2, 0) is 12.3 Å². The van der Waals surface area contributed by atoms with Crippen molar-refractivity contribution in [3.05, 3.63) is 84.3 Å². The molecule has 0 aliphatic carbocycles. The van der Waals surface area contributed by atoms with E-state index in [1.54, 1.807) is 6.26 Å². The van der Waals surface area contributed by atoms with Gasteiger partial charge in [-0.1, -0.05) is 66.4 Å². The molecule has 5 heteroatoms. The van der Waals surface area contributed by atoms with Gasteiger partial charge in [-0.25, -0.2) is 0 Å². The first-order valence-electron chi connectivity index (χ1n) is 7.41. The van der Waals surface area contributed by atoms with Crippen molar-refractivity contribution in [2.24, 2.45) is 10.7 Å². The summed E-state index contributed by atoms with van der Waals surface area (Å²) in [6, 6.07) is 22.6. The predicted octanol–water partition coefficient (Wildman–Crippen LogP) is 1.70. The van der Waals surface area contributed by atoms with E-state index in [0.29, 0.717) is 11.7 Å². The van der Waals surface area contributed by atoms with Crippen LogP contribution in [0.1, 0.15) is 11.3 Å². The molecule has 0 saturated heterocycles. The molecule has 1 heterocycles. The van der Waals surface area contributed by atoms with E-state index in [1.807, 2.05) is 18.2 Å². The predicted molar refractivity (Wildman–Crippen MR) is 97.2 cm³/mol. The van der Waals surface area contributed by atoms with Crippen LogP contribution in [-0.4, -0.2) is 5.17 Å². The molecule has 2 N–H and O–H groups in total. The average Bonchev–Trinajstić information content (AvgIpc) is 3.13. The number of thioether (sulfide) groups is 1. The number of hydrogen-bond donors (Lipinski definition) is 1. The first-order chi connectivity index (χ1) is 11.3. The van der Waals surface area contributed by atoms with Crippen molar-refractivity contribution < 1.29 is 16.8 Å². The fraction of sp³-hybridized carbons (Fsp3) is 0.105. The van der Waals surface area contributed by atoms with Crippen LogP contribution in [0.2, 0.25) is 0 Å². The van der Waals surface area contributed by atoms with Crippen molar-refractivity contribution in [2.45, 2.75) is 12.3 Å². The van der Waals surface area contributed by atoms with Gasteiger partial charge in [0, 0.05) is 5.75 Å². The normalized spacial score (nSPS) is 11.1. The molecule has 24 heavy (non-hydrogen) atoms. The summed E-state index contributed by atoms with van der Waals surface area (Å²) in [6.07, 6.45) is 1.64. The molecule has 0 atom stereocenters. The average molecular weight is 358 g/mol. The Bertz CT molecular complexity index is 756. The Balaban J connectivity index is 0.00000208. The van der Waals surface area contributed by atoms with Crippen molar-refractivity contribution in [1.29, 1.82) is 0 Å². The Labute approximate surface area is 152 Å². The fourth-order valence-electron chi connectivity index (χ4n) is 2.19. The van der Waals surface area contributed by atoms with Crippen molar-refractivity contribution >= 4 is 16.9 Å². The number of halogens is 1. The van der Waals surface area contributed by atoms with Crippen LogP contribution in [0.15, 0.2) is 82.4 Å². The monoisotopic (exact) mass is 357 g/mol. The summed E-state index contributed by atoms with van der Waals surface area (Å²) in [4.78, 5) is 4.31. The summed E-state index contributed by atoms with van der Waals surface area (Å²) in [5, 5.41) is 0.577. The van der Waals surface area contributed by atoms with Gasteiger partial charge < -0.3 is 22.6 Å². The minimum absolute atomic E-state index is 0. The van der Waals surface area contributed by atoms with E-state index in [2.05, 4.69) is 53.5 Å². The van der Waals surface area contributed by atoms with Crippen molar-refractivity contribution in [3.8, 4) is 11.1 Å². The van der Waals surface area contributed by atoms with Crippen LogP contribution in [0, 0.1) is 0 Å². The molecule has 3 nitrogen and oxygen atoms in total. The van der Waals surface area contributed by atoms with Crippen LogP contribution in [0.25, 0.3) is 11.1 Å². The minimum atomic E-state index is 0. The number of nitrogens with zero attached hydrogens (tertiary/aromatic N) is 1. The molecule has 3 aromatic rings. The highest BCUT2D eigenvalue weighted by Gasteiger charge is 2.00. The fourth-order valence-corrected chi connectivity index (χ4v) is 2.85. The SMILES string of the molecule is NC(=NCc1ccco1)SCc1ccc(-c2ccccc2)cc1.[Cl-]. The smallest absolute Gasteiger partial charge is 0.154 e. The lowest BCUT2D eigenvalue weighted by Gasteiger charge is -2.04. The molecule has 0 fully saturated rings. The van der Waals surface area contributed by atoms with Gasteiger partial charge in [-0.3, -0.25) is 4.99 Å². The number of aliphatic imine (C=N–C) groups is 1. The van der Waals surface area contributed by atoms with E-state index in [1.165, 1.54) is 28.5 Å². The number of rotatable bonds is 5. The molecule has 0 spiro atoms. The molecule has 1 aromatic heterocycles. The molecule has 0 amide bonds. The van der Waals surface area contributed by atoms with Crippen molar-refractivity contribution in [2.75, 3.05) is 0 Å². The van der Waals surface area contributed by atoms with Crippen LogP contribution >= 0.6 is 11.8 Å². The van der Waals surface area contributed by atoms with Gasteiger partial charge in [-0.2, -0.15) is 0 Å². The number of benzene rings is 2. The van der Waals surface area contributed by atoms with Crippen molar-refractivity contribution in [3.63, 3.8) is 0 Å². The molecule has 0 saturated carbocycles. The van der Waals surface area contributed by atoms with Crippen LogP contribution < -0.4 is 18.1 Å². The second-order valence-corrected chi connectivity index (χ2v) is 6.08. The maximum Gasteiger partial charge on any atom is 0.154 e. The van der Waals surface area contributed by atoms with E-state index in [4.69, 9.17) is 10.2 Å². The molecule has 2 aromatic carbocycles. The van der Waals surface area contributed by atoms with E-state index >= 15 is 0 Å². The summed E-state index contributed by atoms with van der Waals surface area (Å²) in [5.74, 6) is 1.63. The first kappa shape index (κ1) is 18.2. The quantitative estimate of drug-likeness (QED) is 0.558. The Kier molecular flexibility index (Phi) is 6.97. The zero-order chi connectivity index (χ0) is 15.9. The summed E-state index contributed by atoms with van der Waals surface area (Å²) < 4.78 is 5.23. The van der Waals surface area contributed by atoms with Crippen LogP contribution in [0.4, 0.5) is 0 Å². The number of amidine groups is 1. The minimum Gasteiger partial charge on any atom is -1.00 e. The second-order valence-electron chi connectivity index (χ2n) is 5.09. The molecule has 0 radical (unpaired) electrons. The largest absolute Gasteiger partial charge is 1.00 e. The Morgan fingerprint density at radius 3 is 2.29 bits per heavy atom. The highest BCUT2D eigenvalue weighted by Crippen LogP contribution is 2.21. The lowest BCUT2D eigenvalue weighted by atomic mass is 10.0. The maximum absolute atomic E-state index is 5.93. The van der Waals surface area contributed by atoms with E-state index < -0.39 is 0 Å². The molecule has 0 bridgehead atoms. The number of furan rings is 1. The highest BCUT2D eigenvalue weighted by molar-refractivity contribution is 8.13. The van der Waals surface area contributed by atoms with Crippen LogP contribution in [0.5, 0.6) is 0 Å². The number of nitrogens with two attached hydrogens (primary N) is 1. The molecule has 124 valence electrons. The topological polar surface area (TPSA) is 51.5 Å². The molecule has 0 unspecified atom stereocenters. The molecule has 3 rings (SSSR count).